The van der Waals surface area contributed by atoms with E-state index in [9.17, 15) is 4.79 Å². The summed E-state index contributed by atoms with van der Waals surface area (Å²) in [4.78, 5) is 13.5. The average Bonchev–Trinajstić information content (AvgIpc) is 2.94. The first kappa shape index (κ1) is 10.2. The van der Waals surface area contributed by atoms with Gasteiger partial charge >= 0.3 is 6.03 Å². The number of hydrazine groups is 1. The number of amides is 2. The Morgan fingerprint density at radius 1 is 1.47 bits per heavy atom. The third-order valence-electron chi connectivity index (χ3n) is 3.28. The first-order valence-corrected chi connectivity index (χ1v) is 5.35. The maximum absolute atomic E-state index is 11.7. The largest absolute Gasteiger partial charge is 0.334 e. The van der Waals surface area contributed by atoms with Crippen LogP contribution >= 0.6 is 0 Å². The molecule has 1 saturated carbocycles. The number of nitrogens with zero attached hydrogens (tertiary/aromatic N) is 3. The Kier molecular flexibility index (Phi) is 2.53. The Bertz CT molecular complexity index is 305. The third-order valence-corrected chi connectivity index (χ3v) is 3.28. The number of nitrogens with two attached hydrogens (primary N) is 1. The number of urea groups is 1. The highest BCUT2D eigenvalue weighted by Crippen LogP contribution is 2.49. The summed E-state index contributed by atoms with van der Waals surface area (Å²) in [6.07, 6.45) is 3.61. The fourth-order valence-electron chi connectivity index (χ4n) is 2.09. The predicted octanol–water partition coefficient (Wildman–Crippen LogP) is 0.682. The van der Waals surface area contributed by atoms with Crippen LogP contribution in [0.25, 0.3) is 0 Å². The molecule has 0 atom stereocenters. The molecule has 82 valence electrons. The van der Waals surface area contributed by atoms with E-state index in [4.69, 9.17) is 11.1 Å². The molecule has 5 nitrogen and oxygen atoms in total. The lowest BCUT2D eigenvalue weighted by atomic mass is 10.0. The van der Waals surface area contributed by atoms with E-state index in [1.165, 1.54) is 5.01 Å². The van der Waals surface area contributed by atoms with E-state index >= 15 is 0 Å². The van der Waals surface area contributed by atoms with Crippen LogP contribution in [0.15, 0.2) is 0 Å². The molecular weight excluding hydrogens is 192 g/mol. The number of nitriles is 1. The molecule has 2 rings (SSSR count). The molecular formula is C10H16N4O. The number of hydrogen-bond acceptors (Lipinski definition) is 3. The minimum Gasteiger partial charge on any atom is -0.323 e. The van der Waals surface area contributed by atoms with Gasteiger partial charge < -0.3 is 4.90 Å². The molecule has 15 heavy (non-hydrogen) atoms. The normalized spacial score (nSPS) is 23.9. The summed E-state index contributed by atoms with van der Waals surface area (Å²) in [5.41, 5.74) is 0.0859. The van der Waals surface area contributed by atoms with Crippen LogP contribution in [0.4, 0.5) is 4.79 Å². The van der Waals surface area contributed by atoms with Gasteiger partial charge in [0.05, 0.1) is 6.07 Å². The molecule has 2 N–H and O–H groups in total. The lowest BCUT2D eigenvalue weighted by molar-refractivity contribution is 0.119. The molecule has 1 saturated heterocycles. The van der Waals surface area contributed by atoms with E-state index in [2.05, 4.69) is 6.07 Å². The van der Waals surface area contributed by atoms with Crippen LogP contribution in [0.2, 0.25) is 0 Å². The molecule has 2 fully saturated rings. The molecule has 1 aliphatic heterocycles. The van der Waals surface area contributed by atoms with Gasteiger partial charge in [-0.3, -0.25) is 5.01 Å². The van der Waals surface area contributed by atoms with Crippen molar-refractivity contribution in [3.8, 4) is 6.07 Å². The summed E-state index contributed by atoms with van der Waals surface area (Å²) in [6.45, 7) is 2.12. The van der Waals surface area contributed by atoms with Gasteiger partial charge in [0.25, 0.3) is 0 Å². The summed E-state index contributed by atoms with van der Waals surface area (Å²) >= 11 is 0. The van der Waals surface area contributed by atoms with Crippen LogP contribution in [0.5, 0.6) is 0 Å². The van der Waals surface area contributed by atoms with Gasteiger partial charge in [0, 0.05) is 31.5 Å². The highest BCUT2D eigenvalue weighted by atomic mass is 16.2. The van der Waals surface area contributed by atoms with Gasteiger partial charge in [0.1, 0.15) is 0 Å². The Labute approximate surface area is 89.4 Å². The van der Waals surface area contributed by atoms with Crippen molar-refractivity contribution >= 4 is 6.03 Å². The zero-order valence-electron chi connectivity index (χ0n) is 8.78. The van der Waals surface area contributed by atoms with E-state index in [1.807, 2.05) is 0 Å². The first-order valence-electron chi connectivity index (χ1n) is 5.35. The lowest BCUT2D eigenvalue weighted by Crippen LogP contribution is -2.53. The van der Waals surface area contributed by atoms with Crippen molar-refractivity contribution in [2.75, 3.05) is 19.6 Å². The van der Waals surface area contributed by atoms with E-state index in [0.717, 1.165) is 25.8 Å². The number of hydrogen-bond donors (Lipinski definition) is 1. The summed E-state index contributed by atoms with van der Waals surface area (Å²) in [7, 11) is 0. The second-order valence-electron chi connectivity index (χ2n) is 4.59. The minimum atomic E-state index is -0.0922. The predicted molar refractivity (Wildman–Crippen MR) is 54.4 cm³/mol. The second kappa shape index (κ2) is 3.70. The number of rotatable bonds is 3. The van der Waals surface area contributed by atoms with Gasteiger partial charge in [-0.2, -0.15) is 5.26 Å². The highest BCUT2D eigenvalue weighted by Gasteiger charge is 2.45. The van der Waals surface area contributed by atoms with Crippen molar-refractivity contribution in [3.63, 3.8) is 0 Å². The molecule has 2 aliphatic rings. The Morgan fingerprint density at radius 3 is 2.80 bits per heavy atom. The molecule has 5 heteroatoms. The summed E-state index contributed by atoms with van der Waals surface area (Å²) < 4.78 is 0. The van der Waals surface area contributed by atoms with Gasteiger partial charge in [-0.15, -0.1) is 0 Å². The van der Waals surface area contributed by atoms with Crippen molar-refractivity contribution in [2.45, 2.75) is 25.7 Å². The van der Waals surface area contributed by atoms with Gasteiger partial charge in [0.2, 0.25) is 0 Å². The first-order chi connectivity index (χ1) is 7.17. The molecule has 0 radical (unpaired) electrons. The summed E-state index contributed by atoms with van der Waals surface area (Å²) in [6, 6.07) is 2.11. The molecule has 0 aromatic carbocycles. The van der Waals surface area contributed by atoms with Crippen molar-refractivity contribution in [1.29, 1.82) is 5.26 Å². The monoisotopic (exact) mass is 208 g/mol. The summed E-state index contributed by atoms with van der Waals surface area (Å²) in [5.74, 6) is 5.56. The SMILES string of the molecule is N#CCC1(CN2CCCN(N)C2=O)CC1. The molecule has 0 spiro atoms. The highest BCUT2D eigenvalue weighted by molar-refractivity contribution is 5.74. The van der Waals surface area contributed by atoms with Crippen LogP contribution in [0, 0.1) is 16.7 Å². The van der Waals surface area contributed by atoms with Gasteiger partial charge in [0.15, 0.2) is 0 Å². The Morgan fingerprint density at radius 2 is 2.20 bits per heavy atom. The van der Waals surface area contributed by atoms with Crippen LogP contribution < -0.4 is 5.84 Å². The topological polar surface area (TPSA) is 73.4 Å². The van der Waals surface area contributed by atoms with Crippen LogP contribution in [0.3, 0.4) is 0 Å². The van der Waals surface area contributed by atoms with Crippen molar-refractivity contribution < 1.29 is 4.79 Å². The Balaban J connectivity index is 1.94. The number of carbonyl (C=O) groups excluding carboxylic acids is 1. The van der Waals surface area contributed by atoms with Gasteiger partial charge in [-0.1, -0.05) is 0 Å². The molecule has 2 amide bonds. The fourth-order valence-corrected chi connectivity index (χ4v) is 2.09. The molecule has 1 aliphatic carbocycles. The van der Waals surface area contributed by atoms with Crippen molar-refractivity contribution in [1.82, 2.24) is 9.91 Å². The van der Waals surface area contributed by atoms with Crippen LogP contribution in [-0.2, 0) is 0 Å². The molecule has 0 aromatic heterocycles. The maximum atomic E-state index is 11.7. The van der Waals surface area contributed by atoms with Crippen LogP contribution in [-0.4, -0.2) is 35.6 Å². The average molecular weight is 208 g/mol. The standard InChI is InChI=1S/C10H16N4O/c11-5-4-10(2-3-10)8-13-6-1-7-14(12)9(13)15/h1-4,6-8,12H2. The zero-order chi connectivity index (χ0) is 10.9. The fraction of sp³-hybridized carbons (Fsp3) is 0.800. The van der Waals surface area contributed by atoms with E-state index in [0.29, 0.717) is 19.5 Å². The molecule has 0 aromatic rings. The van der Waals surface area contributed by atoms with E-state index in [1.54, 1.807) is 4.90 Å². The van der Waals surface area contributed by atoms with Gasteiger partial charge in [-0.05, 0) is 19.3 Å². The van der Waals surface area contributed by atoms with Crippen molar-refractivity contribution in [3.05, 3.63) is 0 Å². The Hall–Kier alpha value is -1.28. The second-order valence-corrected chi connectivity index (χ2v) is 4.59. The van der Waals surface area contributed by atoms with Crippen molar-refractivity contribution in [2.24, 2.45) is 11.3 Å². The molecule has 0 unspecified atom stereocenters. The quantitative estimate of drug-likeness (QED) is 0.547. The van der Waals surface area contributed by atoms with E-state index in [-0.39, 0.29) is 11.4 Å². The third kappa shape index (κ3) is 2.05. The minimum absolute atomic E-state index is 0.0859. The number of carbonyl (C=O) groups is 1. The molecule has 1 heterocycles. The van der Waals surface area contributed by atoms with Crippen LogP contribution in [0.1, 0.15) is 25.7 Å². The summed E-state index contributed by atoms with van der Waals surface area (Å²) in [5, 5.41) is 9.97. The zero-order valence-corrected chi connectivity index (χ0v) is 8.78. The van der Waals surface area contributed by atoms with Gasteiger partial charge in [-0.25, -0.2) is 10.6 Å². The smallest absolute Gasteiger partial charge is 0.323 e. The lowest BCUT2D eigenvalue weighted by Gasteiger charge is -2.34. The maximum Gasteiger partial charge on any atom is 0.334 e. The van der Waals surface area contributed by atoms with E-state index < -0.39 is 0 Å². The molecule has 0 bridgehead atoms.